The van der Waals surface area contributed by atoms with Crippen LogP contribution in [0.5, 0.6) is 0 Å². The summed E-state index contributed by atoms with van der Waals surface area (Å²) in [6.07, 6.45) is 5.78. The molecule has 0 saturated carbocycles. The van der Waals surface area contributed by atoms with Gasteiger partial charge < -0.3 is 11.1 Å². The van der Waals surface area contributed by atoms with Crippen molar-refractivity contribution in [1.29, 1.82) is 0 Å². The van der Waals surface area contributed by atoms with E-state index in [4.69, 9.17) is 5.73 Å². The Morgan fingerprint density at radius 3 is 2.67 bits per heavy atom. The molecule has 0 bridgehead atoms. The average molecular weight is 158 g/mol. The number of nitrogens with two attached hydrogens (primary N) is 1. The van der Waals surface area contributed by atoms with Gasteiger partial charge >= 0.3 is 0 Å². The fourth-order valence-corrected chi connectivity index (χ4v) is 1.23. The first-order valence-corrected chi connectivity index (χ1v) is 3.85. The van der Waals surface area contributed by atoms with Crippen molar-refractivity contribution in [2.24, 2.45) is 5.73 Å². The first kappa shape index (κ1) is 6.98. The Labute approximate surface area is 71.4 Å². The van der Waals surface area contributed by atoms with Gasteiger partial charge in [0.05, 0.1) is 0 Å². The number of benzene rings is 1. The molecule has 0 saturated heterocycles. The molecule has 0 atom stereocenters. The van der Waals surface area contributed by atoms with Crippen molar-refractivity contribution in [3.8, 4) is 0 Å². The van der Waals surface area contributed by atoms with Crippen LogP contribution in [0, 0.1) is 0 Å². The number of rotatable bonds is 0. The number of nitrogens with one attached hydrogen (secondary N) is 1. The smallest absolute Gasteiger partial charge is 0.101 e. The molecule has 1 aromatic carbocycles. The molecule has 2 heteroatoms. The van der Waals surface area contributed by atoms with Crippen LogP contribution in [0.2, 0.25) is 0 Å². The molecule has 1 heterocycles. The van der Waals surface area contributed by atoms with Crippen LogP contribution in [-0.2, 0) is 0 Å². The topological polar surface area (TPSA) is 38.0 Å². The Bertz CT molecular complexity index is 351. The van der Waals surface area contributed by atoms with Gasteiger partial charge in [-0.2, -0.15) is 0 Å². The van der Waals surface area contributed by atoms with E-state index >= 15 is 0 Å². The van der Waals surface area contributed by atoms with Crippen molar-refractivity contribution in [3.05, 3.63) is 47.4 Å². The molecule has 0 spiro atoms. The molecule has 1 aliphatic heterocycles. The minimum atomic E-state index is 0.677. The molecular formula is C10H10N2. The quantitative estimate of drug-likeness (QED) is 0.600. The molecule has 1 aliphatic rings. The summed E-state index contributed by atoms with van der Waals surface area (Å²) < 4.78 is 0. The second-order valence-corrected chi connectivity index (χ2v) is 2.71. The molecule has 3 N–H and O–H groups in total. The zero-order valence-corrected chi connectivity index (χ0v) is 6.62. The van der Waals surface area contributed by atoms with Gasteiger partial charge in [-0.15, -0.1) is 0 Å². The van der Waals surface area contributed by atoms with Gasteiger partial charge in [0, 0.05) is 6.20 Å². The van der Waals surface area contributed by atoms with Crippen molar-refractivity contribution in [3.63, 3.8) is 0 Å². The Balaban J connectivity index is 2.58. The summed E-state index contributed by atoms with van der Waals surface area (Å²) in [5, 5.41) is 2.95. The fourth-order valence-electron chi connectivity index (χ4n) is 1.23. The summed E-state index contributed by atoms with van der Waals surface area (Å²) in [5.74, 6) is 0.677. The molecule has 2 nitrogen and oxygen atoms in total. The summed E-state index contributed by atoms with van der Waals surface area (Å²) in [6, 6.07) is 8.11. The third kappa shape index (κ3) is 1.19. The van der Waals surface area contributed by atoms with E-state index in [1.807, 2.05) is 36.6 Å². The molecule has 12 heavy (non-hydrogen) atoms. The Morgan fingerprint density at radius 1 is 1.08 bits per heavy atom. The van der Waals surface area contributed by atoms with Gasteiger partial charge in [-0.3, -0.25) is 0 Å². The highest BCUT2D eigenvalue weighted by atomic mass is 15.0. The van der Waals surface area contributed by atoms with Crippen molar-refractivity contribution in [1.82, 2.24) is 5.32 Å². The van der Waals surface area contributed by atoms with Crippen molar-refractivity contribution < 1.29 is 0 Å². The van der Waals surface area contributed by atoms with Crippen LogP contribution in [0.1, 0.15) is 11.1 Å². The van der Waals surface area contributed by atoms with E-state index in [-0.39, 0.29) is 0 Å². The zero-order chi connectivity index (χ0) is 8.39. The second-order valence-electron chi connectivity index (χ2n) is 2.71. The number of fused-ring (bicyclic) bond motifs is 1. The monoisotopic (exact) mass is 158 g/mol. The molecule has 0 unspecified atom stereocenters. The van der Waals surface area contributed by atoms with Crippen LogP contribution in [0.3, 0.4) is 0 Å². The zero-order valence-electron chi connectivity index (χ0n) is 6.62. The Hall–Kier alpha value is -1.70. The van der Waals surface area contributed by atoms with Crippen LogP contribution in [0.4, 0.5) is 0 Å². The molecule has 0 fully saturated rings. The van der Waals surface area contributed by atoms with E-state index in [2.05, 4.69) is 11.4 Å². The number of hydrogen-bond donors (Lipinski definition) is 2. The van der Waals surface area contributed by atoms with Crippen LogP contribution in [0.25, 0.3) is 12.2 Å². The molecule has 0 aliphatic carbocycles. The molecule has 2 rings (SSSR count). The SMILES string of the molecule is NC1=Cc2ccccc2C=CN1. The minimum absolute atomic E-state index is 0.677. The summed E-state index contributed by atoms with van der Waals surface area (Å²) in [4.78, 5) is 0. The highest BCUT2D eigenvalue weighted by Crippen LogP contribution is 2.14. The first-order valence-electron chi connectivity index (χ1n) is 3.85. The van der Waals surface area contributed by atoms with Crippen molar-refractivity contribution >= 4 is 12.2 Å². The molecule has 0 aromatic heterocycles. The van der Waals surface area contributed by atoms with E-state index in [1.165, 1.54) is 5.56 Å². The standard InChI is InChI=1S/C10H10N2/c11-10-7-9-4-2-1-3-8(9)5-6-12-10/h1-7,12H,11H2. The first-order chi connectivity index (χ1) is 5.86. The van der Waals surface area contributed by atoms with Gasteiger partial charge in [0.15, 0.2) is 0 Å². The maximum Gasteiger partial charge on any atom is 0.101 e. The summed E-state index contributed by atoms with van der Waals surface area (Å²) in [5.41, 5.74) is 7.98. The van der Waals surface area contributed by atoms with Crippen molar-refractivity contribution in [2.45, 2.75) is 0 Å². The lowest BCUT2D eigenvalue weighted by Gasteiger charge is -1.98. The van der Waals surface area contributed by atoms with Gasteiger partial charge in [0.2, 0.25) is 0 Å². The summed E-state index contributed by atoms with van der Waals surface area (Å²) >= 11 is 0. The van der Waals surface area contributed by atoms with Crippen LogP contribution >= 0.6 is 0 Å². The van der Waals surface area contributed by atoms with E-state index in [1.54, 1.807) is 0 Å². The third-order valence-electron chi connectivity index (χ3n) is 1.82. The Morgan fingerprint density at radius 2 is 1.83 bits per heavy atom. The van der Waals surface area contributed by atoms with Crippen LogP contribution in [-0.4, -0.2) is 0 Å². The maximum absolute atomic E-state index is 5.65. The lowest BCUT2D eigenvalue weighted by atomic mass is 10.1. The molecule has 1 aromatic rings. The highest BCUT2D eigenvalue weighted by molar-refractivity contribution is 5.67. The predicted octanol–water partition coefficient (Wildman–Crippen LogP) is 1.52. The van der Waals surface area contributed by atoms with Gasteiger partial charge in [0.25, 0.3) is 0 Å². The highest BCUT2D eigenvalue weighted by Gasteiger charge is 1.98. The van der Waals surface area contributed by atoms with E-state index in [9.17, 15) is 0 Å². The van der Waals surface area contributed by atoms with Crippen LogP contribution in [0.15, 0.2) is 36.3 Å². The van der Waals surface area contributed by atoms with Gasteiger partial charge in [-0.05, 0) is 23.3 Å². The average Bonchev–Trinajstić information content (AvgIpc) is 2.25. The Kier molecular flexibility index (Phi) is 1.59. The van der Waals surface area contributed by atoms with Crippen molar-refractivity contribution in [2.75, 3.05) is 0 Å². The number of hydrogen-bond acceptors (Lipinski definition) is 2. The van der Waals surface area contributed by atoms with Gasteiger partial charge in [-0.1, -0.05) is 24.3 Å². The second kappa shape index (κ2) is 2.74. The largest absolute Gasteiger partial charge is 0.385 e. The molecule has 0 radical (unpaired) electrons. The van der Waals surface area contributed by atoms with E-state index in [0.29, 0.717) is 5.82 Å². The van der Waals surface area contributed by atoms with Gasteiger partial charge in [0.1, 0.15) is 5.82 Å². The van der Waals surface area contributed by atoms with E-state index < -0.39 is 0 Å². The lowest BCUT2D eigenvalue weighted by Crippen LogP contribution is -2.11. The predicted molar refractivity (Wildman–Crippen MR) is 50.8 cm³/mol. The molecule has 60 valence electrons. The normalized spacial score (nSPS) is 14.2. The van der Waals surface area contributed by atoms with Crippen LogP contribution < -0.4 is 11.1 Å². The van der Waals surface area contributed by atoms with Gasteiger partial charge in [-0.25, -0.2) is 0 Å². The third-order valence-corrected chi connectivity index (χ3v) is 1.82. The van der Waals surface area contributed by atoms with E-state index in [0.717, 1.165) is 5.56 Å². The molecular weight excluding hydrogens is 148 g/mol. The summed E-state index contributed by atoms with van der Waals surface area (Å²) in [7, 11) is 0. The fraction of sp³-hybridized carbons (Fsp3) is 0. The maximum atomic E-state index is 5.65. The lowest BCUT2D eigenvalue weighted by molar-refractivity contribution is 1.05. The minimum Gasteiger partial charge on any atom is -0.385 e. The molecule has 0 amide bonds. The summed E-state index contributed by atoms with van der Waals surface area (Å²) in [6.45, 7) is 0.